The molecule has 0 unspecified atom stereocenters. The number of rotatable bonds is 3. The molecule has 1 aliphatic heterocycles. The van der Waals surface area contributed by atoms with Crippen LogP contribution < -0.4 is 5.69 Å². The van der Waals surface area contributed by atoms with Gasteiger partial charge in [-0.15, -0.1) is 0 Å². The summed E-state index contributed by atoms with van der Waals surface area (Å²) in [4.78, 5) is 23.7. The topological polar surface area (TPSA) is 77.1 Å². The van der Waals surface area contributed by atoms with Crippen molar-refractivity contribution >= 4 is 29.2 Å². The van der Waals surface area contributed by atoms with Crippen LogP contribution in [0.1, 0.15) is 30.3 Å². The highest BCUT2D eigenvalue weighted by atomic mass is 35.5. The van der Waals surface area contributed by atoms with Gasteiger partial charge in [0.2, 0.25) is 0 Å². The Morgan fingerprint density at radius 2 is 2.00 bits per heavy atom. The summed E-state index contributed by atoms with van der Waals surface area (Å²) in [6.07, 6.45) is 1.75. The van der Waals surface area contributed by atoms with Gasteiger partial charge in [0, 0.05) is 16.5 Å². The molecule has 1 N–H and O–H groups in total. The van der Waals surface area contributed by atoms with E-state index in [0.717, 1.165) is 5.56 Å². The van der Waals surface area contributed by atoms with E-state index in [2.05, 4.69) is 5.10 Å². The van der Waals surface area contributed by atoms with Crippen molar-refractivity contribution in [3.63, 3.8) is 0 Å². The Hall–Kier alpha value is -1.79. The zero-order valence-corrected chi connectivity index (χ0v) is 13.0. The molecule has 3 rings (SSSR count). The summed E-state index contributed by atoms with van der Waals surface area (Å²) in [5, 5.41) is 14.5. The smallest absolute Gasteiger partial charge is 0.347 e. The fourth-order valence-electron chi connectivity index (χ4n) is 2.74. The van der Waals surface area contributed by atoms with Crippen molar-refractivity contribution in [2.24, 2.45) is 0 Å². The van der Waals surface area contributed by atoms with Crippen molar-refractivity contribution in [1.29, 1.82) is 0 Å². The highest BCUT2D eigenvalue weighted by Gasteiger charge is 2.30. The lowest BCUT2D eigenvalue weighted by atomic mass is 10.1. The molecule has 0 saturated heterocycles. The fourth-order valence-corrected chi connectivity index (χ4v) is 3.31. The molecule has 0 radical (unpaired) electrons. The first-order valence-electron chi connectivity index (χ1n) is 6.81. The number of hydrogen-bond acceptors (Lipinski definition) is 3. The fraction of sp³-hybridized carbons (Fsp3) is 0.357. The molecule has 22 heavy (non-hydrogen) atoms. The first kappa shape index (κ1) is 15.1. The Kier molecular flexibility index (Phi) is 3.97. The number of carboxylic acids is 1. The van der Waals surface area contributed by atoms with Crippen LogP contribution in [-0.2, 0) is 17.8 Å². The van der Waals surface area contributed by atoms with Crippen LogP contribution in [-0.4, -0.2) is 25.4 Å². The summed E-state index contributed by atoms with van der Waals surface area (Å²) in [7, 11) is 0. The third kappa shape index (κ3) is 2.76. The van der Waals surface area contributed by atoms with Crippen molar-refractivity contribution in [3.8, 4) is 0 Å². The van der Waals surface area contributed by atoms with E-state index in [9.17, 15) is 14.7 Å². The van der Waals surface area contributed by atoms with Gasteiger partial charge >= 0.3 is 11.7 Å². The Morgan fingerprint density at radius 1 is 1.32 bits per heavy atom. The Labute approximate surface area is 135 Å². The molecule has 0 aliphatic carbocycles. The maximum absolute atomic E-state index is 12.4. The second-order valence-electron chi connectivity index (χ2n) is 5.25. The molecule has 0 bridgehead atoms. The third-order valence-electron chi connectivity index (χ3n) is 3.67. The molecule has 2 aromatic rings. The number of hydrogen-bond donors (Lipinski definition) is 1. The van der Waals surface area contributed by atoms with Gasteiger partial charge in [-0.3, -0.25) is 4.57 Å². The summed E-state index contributed by atoms with van der Waals surface area (Å²) in [6, 6.07) is 4.17. The average Bonchev–Trinajstić information content (AvgIpc) is 2.74. The van der Waals surface area contributed by atoms with Crippen molar-refractivity contribution in [1.82, 2.24) is 14.3 Å². The number of aliphatic carboxylic acids is 1. The maximum Gasteiger partial charge on any atom is 0.347 e. The summed E-state index contributed by atoms with van der Waals surface area (Å²) in [5.74, 6) is -0.495. The summed E-state index contributed by atoms with van der Waals surface area (Å²) < 4.78 is 2.54. The number of halogens is 2. The highest BCUT2D eigenvalue weighted by molar-refractivity contribution is 6.34. The quantitative estimate of drug-likeness (QED) is 0.929. The van der Waals surface area contributed by atoms with Crippen LogP contribution in [0.15, 0.2) is 23.0 Å². The van der Waals surface area contributed by atoms with Crippen LogP contribution in [0.25, 0.3) is 0 Å². The van der Waals surface area contributed by atoms with Gasteiger partial charge in [-0.1, -0.05) is 23.2 Å². The molecule has 8 heteroatoms. The molecule has 1 aromatic carbocycles. The number of aryl methyl sites for hydroxylation is 1. The second kappa shape index (κ2) is 5.78. The molecule has 0 fully saturated rings. The lowest BCUT2D eigenvalue weighted by molar-refractivity contribution is -0.141. The van der Waals surface area contributed by atoms with E-state index >= 15 is 0 Å². The lowest BCUT2D eigenvalue weighted by Gasteiger charge is -2.19. The Morgan fingerprint density at radius 3 is 2.64 bits per heavy atom. The van der Waals surface area contributed by atoms with Gasteiger partial charge < -0.3 is 5.11 Å². The summed E-state index contributed by atoms with van der Waals surface area (Å²) in [5.41, 5.74) is 0.320. The van der Waals surface area contributed by atoms with Gasteiger partial charge in [0.15, 0.2) is 0 Å². The molecular formula is C14H13Cl2N3O3. The SMILES string of the molecule is O=C(O)[C@H]1CCCc2nn(Cc3cc(Cl)cc(Cl)c3)c(=O)n21. The Bertz CT molecular complexity index is 777. The highest BCUT2D eigenvalue weighted by Crippen LogP contribution is 2.23. The first-order chi connectivity index (χ1) is 10.5. The van der Waals surface area contributed by atoms with Crippen LogP contribution in [0.5, 0.6) is 0 Å². The summed E-state index contributed by atoms with van der Waals surface area (Å²) in [6.45, 7) is 0.200. The molecular weight excluding hydrogens is 329 g/mol. The van der Waals surface area contributed by atoms with Crippen LogP contribution in [0.2, 0.25) is 10.0 Å². The van der Waals surface area contributed by atoms with E-state index in [1.807, 2.05) is 0 Å². The maximum atomic E-state index is 12.4. The van der Waals surface area contributed by atoms with Crippen LogP contribution in [0, 0.1) is 0 Å². The van der Waals surface area contributed by atoms with Gasteiger partial charge in [0.1, 0.15) is 11.9 Å². The lowest BCUT2D eigenvalue weighted by Crippen LogP contribution is -2.34. The van der Waals surface area contributed by atoms with E-state index < -0.39 is 17.7 Å². The second-order valence-corrected chi connectivity index (χ2v) is 6.12. The standard InChI is InChI=1S/C14H13Cl2N3O3/c15-9-4-8(5-10(16)6-9)7-18-14(22)19-11(13(20)21)2-1-3-12(19)17-18/h4-6,11H,1-3,7H2,(H,20,21)/t11-/m1/s1. The number of carbonyl (C=O) groups is 1. The number of fused-ring (bicyclic) bond motifs is 1. The van der Waals surface area contributed by atoms with E-state index in [-0.39, 0.29) is 6.54 Å². The normalized spacial score (nSPS) is 17.3. The molecule has 0 amide bonds. The number of benzene rings is 1. The van der Waals surface area contributed by atoms with Crippen molar-refractivity contribution < 1.29 is 9.90 Å². The molecule has 6 nitrogen and oxygen atoms in total. The minimum Gasteiger partial charge on any atom is -0.480 e. The predicted octanol–water partition coefficient (Wildman–Crippen LogP) is 2.36. The number of aromatic nitrogens is 3. The molecule has 1 aliphatic rings. The number of carboxylic acid groups (broad SMARTS) is 1. The molecule has 0 saturated carbocycles. The van der Waals surface area contributed by atoms with Crippen molar-refractivity contribution in [2.75, 3.05) is 0 Å². The van der Waals surface area contributed by atoms with E-state index in [4.69, 9.17) is 23.2 Å². The zero-order chi connectivity index (χ0) is 15.9. The van der Waals surface area contributed by atoms with Crippen molar-refractivity contribution in [3.05, 3.63) is 50.1 Å². The van der Waals surface area contributed by atoms with Gasteiger partial charge in [0.25, 0.3) is 0 Å². The van der Waals surface area contributed by atoms with Gasteiger partial charge in [0.05, 0.1) is 6.54 Å². The minimum atomic E-state index is -1.01. The largest absolute Gasteiger partial charge is 0.480 e. The molecule has 1 aromatic heterocycles. The third-order valence-corrected chi connectivity index (χ3v) is 4.11. The average molecular weight is 342 g/mol. The molecule has 1 atom stereocenters. The molecule has 0 spiro atoms. The van der Waals surface area contributed by atoms with E-state index in [0.29, 0.717) is 35.1 Å². The zero-order valence-electron chi connectivity index (χ0n) is 11.5. The number of nitrogens with zero attached hydrogens (tertiary/aromatic N) is 3. The Balaban J connectivity index is 1.99. The van der Waals surface area contributed by atoms with Gasteiger partial charge in [-0.25, -0.2) is 14.3 Å². The van der Waals surface area contributed by atoms with Crippen LogP contribution >= 0.6 is 23.2 Å². The van der Waals surface area contributed by atoms with Gasteiger partial charge in [-0.05, 0) is 36.6 Å². The predicted molar refractivity (Wildman–Crippen MR) is 81.7 cm³/mol. The summed E-state index contributed by atoms with van der Waals surface area (Å²) >= 11 is 11.9. The minimum absolute atomic E-state index is 0.200. The molecule has 2 heterocycles. The van der Waals surface area contributed by atoms with Gasteiger partial charge in [-0.2, -0.15) is 5.10 Å². The monoisotopic (exact) mass is 341 g/mol. The first-order valence-corrected chi connectivity index (χ1v) is 7.57. The van der Waals surface area contributed by atoms with Crippen molar-refractivity contribution in [2.45, 2.75) is 31.8 Å². The van der Waals surface area contributed by atoms with E-state index in [1.165, 1.54) is 9.25 Å². The molecule has 116 valence electrons. The van der Waals surface area contributed by atoms with E-state index in [1.54, 1.807) is 18.2 Å². The van der Waals surface area contributed by atoms with Crippen LogP contribution in [0.4, 0.5) is 0 Å². The van der Waals surface area contributed by atoms with Crippen LogP contribution in [0.3, 0.4) is 0 Å².